The first-order chi connectivity index (χ1) is 8.64. The van der Waals surface area contributed by atoms with Crippen molar-refractivity contribution in [2.45, 2.75) is 45.8 Å². The van der Waals surface area contributed by atoms with Gasteiger partial charge in [0.05, 0.1) is 5.56 Å². The molecule has 19 heavy (non-hydrogen) atoms. The van der Waals surface area contributed by atoms with E-state index in [1.54, 1.807) is 12.1 Å². The zero-order chi connectivity index (χ0) is 14.7. The Labute approximate surface area is 113 Å². The molecular formula is C15H22F3N. The molecule has 1 aromatic rings. The van der Waals surface area contributed by atoms with Crippen LogP contribution in [0.2, 0.25) is 0 Å². The van der Waals surface area contributed by atoms with Crippen molar-refractivity contribution in [1.29, 1.82) is 0 Å². The molecule has 1 N–H and O–H groups in total. The summed E-state index contributed by atoms with van der Waals surface area (Å²) in [6.07, 6.45) is -2.57. The van der Waals surface area contributed by atoms with Crippen LogP contribution in [-0.2, 0) is 12.6 Å². The second-order valence-corrected chi connectivity index (χ2v) is 5.94. The summed E-state index contributed by atoms with van der Waals surface area (Å²) < 4.78 is 37.3. The number of halogens is 3. The first kappa shape index (κ1) is 16.0. The van der Waals surface area contributed by atoms with E-state index in [1.165, 1.54) is 0 Å². The second-order valence-electron chi connectivity index (χ2n) is 5.94. The number of nitrogens with one attached hydrogen (secondary N) is 1. The molecule has 1 aromatic carbocycles. The van der Waals surface area contributed by atoms with Gasteiger partial charge in [0, 0.05) is 6.04 Å². The number of benzene rings is 1. The van der Waals surface area contributed by atoms with E-state index in [2.05, 4.69) is 26.1 Å². The molecule has 1 unspecified atom stereocenters. The van der Waals surface area contributed by atoms with Crippen molar-refractivity contribution in [3.8, 4) is 0 Å². The van der Waals surface area contributed by atoms with Gasteiger partial charge in [-0.15, -0.1) is 0 Å². The highest BCUT2D eigenvalue weighted by atomic mass is 19.4. The maximum absolute atomic E-state index is 12.4. The molecule has 1 rings (SSSR count). The molecule has 108 valence electrons. The van der Waals surface area contributed by atoms with Gasteiger partial charge >= 0.3 is 6.18 Å². The normalized spacial score (nSPS) is 14.5. The van der Waals surface area contributed by atoms with E-state index in [9.17, 15) is 13.2 Å². The lowest BCUT2D eigenvalue weighted by atomic mass is 9.83. The Hall–Kier alpha value is -1.03. The average molecular weight is 273 g/mol. The number of hydrogen-bond acceptors (Lipinski definition) is 1. The van der Waals surface area contributed by atoms with E-state index in [4.69, 9.17) is 0 Å². The van der Waals surface area contributed by atoms with Crippen LogP contribution in [-0.4, -0.2) is 13.1 Å². The molecule has 0 amide bonds. The fourth-order valence-electron chi connectivity index (χ4n) is 2.18. The summed E-state index contributed by atoms with van der Waals surface area (Å²) in [5.41, 5.74) is 0.496. The molecule has 0 fully saturated rings. The van der Waals surface area contributed by atoms with Gasteiger partial charge in [0.2, 0.25) is 0 Å². The lowest BCUT2D eigenvalue weighted by Gasteiger charge is -2.30. The van der Waals surface area contributed by atoms with E-state index < -0.39 is 11.7 Å². The predicted molar refractivity (Wildman–Crippen MR) is 72.1 cm³/mol. The van der Waals surface area contributed by atoms with Crippen molar-refractivity contribution in [2.75, 3.05) is 7.05 Å². The molecule has 1 atom stereocenters. The van der Waals surface area contributed by atoms with E-state index in [0.717, 1.165) is 30.5 Å². The van der Waals surface area contributed by atoms with Crippen LogP contribution < -0.4 is 5.32 Å². The van der Waals surface area contributed by atoms with Crippen LogP contribution >= 0.6 is 0 Å². The monoisotopic (exact) mass is 273 g/mol. The molecule has 0 bridgehead atoms. The minimum Gasteiger partial charge on any atom is -0.316 e. The molecule has 0 aliphatic heterocycles. The quantitative estimate of drug-likeness (QED) is 0.863. The Kier molecular flexibility index (Phi) is 5.02. The van der Waals surface area contributed by atoms with Gasteiger partial charge in [-0.3, -0.25) is 0 Å². The molecule has 4 heteroatoms. The summed E-state index contributed by atoms with van der Waals surface area (Å²) >= 11 is 0. The molecule has 0 saturated carbocycles. The Morgan fingerprint density at radius 3 is 1.95 bits per heavy atom. The smallest absolute Gasteiger partial charge is 0.316 e. The second kappa shape index (κ2) is 5.95. The third-order valence-electron chi connectivity index (χ3n) is 3.40. The van der Waals surface area contributed by atoms with Gasteiger partial charge in [-0.1, -0.05) is 32.9 Å². The number of alkyl halides is 3. The van der Waals surface area contributed by atoms with E-state index >= 15 is 0 Å². The standard InChI is InChI=1S/C15H22F3N/c1-14(2,3)13(19-4)10-7-11-5-8-12(9-6-11)15(16,17)18/h5-6,8-9,13,19H,7,10H2,1-4H3. The minimum atomic E-state index is -4.25. The molecule has 1 nitrogen and oxygen atoms in total. The van der Waals surface area contributed by atoms with Crippen molar-refractivity contribution in [1.82, 2.24) is 5.32 Å². The summed E-state index contributed by atoms with van der Waals surface area (Å²) in [6.45, 7) is 6.46. The third kappa shape index (κ3) is 4.86. The van der Waals surface area contributed by atoms with Gasteiger partial charge in [-0.2, -0.15) is 13.2 Å². The Bertz CT molecular complexity index is 387. The molecule has 0 saturated heterocycles. The topological polar surface area (TPSA) is 12.0 Å². The van der Waals surface area contributed by atoms with Crippen molar-refractivity contribution in [3.63, 3.8) is 0 Å². The third-order valence-corrected chi connectivity index (χ3v) is 3.40. The summed E-state index contributed by atoms with van der Waals surface area (Å²) in [5, 5.41) is 3.27. The summed E-state index contributed by atoms with van der Waals surface area (Å²) in [4.78, 5) is 0. The van der Waals surface area contributed by atoms with Crippen molar-refractivity contribution >= 4 is 0 Å². The van der Waals surface area contributed by atoms with Crippen LogP contribution in [0.1, 0.15) is 38.3 Å². The van der Waals surface area contributed by atoms with Crippen LogP contribution in [0.25, 0.3) is 0 Å². The largest absolute Gasteiger partial charge is 0.416 e. The summed E-state index contributed by atoms with van der Waals surface area (Å²) in [7, 11) is 1.92. The SMILES string of the molecule is CNC(CCc1ccc(C(F)(F)F)cc1)C(C)(C)C. The Morgan fingerprint density at radius 2 is 1.58 bits per heavy atom. The summed E-state index contributed by atoms with van der Waals surface area (Å²) in [6, 6.07) is 5.78. The maximum atomic E-state index is 12.4. The minimum absolute atomic E-state index is 0.140. The van der Waals surface area contributed by atoms with Gasteiger partial charge in [-0.25, -0.2) is 0 Å². The lowest BCUT2D eigenvalue weighted by Crippen LogP contribution is -2.38. The van der Waals surface area contributed by atoms with Gasteiger partial charge < -0.3 is 5.32 Å². The molecule has 0 radical (unpaired) electrons. The zero-order valence-corrected chi connectivity index (χ0v) is 11.9. The van der Waals surface area contributed by atoms with Crippen molar-refractivity contribution in [2.24, 2.45) is 5.41 Å². The molecule has 0 heterocycles. The lowest BCUT2D eigenvalue weighted by molar-refractivity contribution is -0.137. The zero-order valence-electron chi connectivity index (χ0n) is 11.9. The van der Waals surface area contributed by atoms with Crippen LogP contribution in [0.4, 0.5) is 13.2 Å². The highest BCUT2D eigenvalue weighted by molar-refractivity contribution is 5.24. The highest BCUT2D eigenvalue weighted by Gasteiger charge is 2.30. The number of rotatable bonds is 4. The first-order valence-corrected chi connectivity index (χ1v) is 6.48. The Morgan fingerprint density at radius 1 is 1.05 bits per heavy atom. The maximum Gasteiger partial charge on any atom is 0.416 e. The van der Waals surface area contributed by atoms with E-state index in [1.807, 2.05) is 7.05 Å². The van der Waals surface area contributed by atoms with Crippen LogP contribution in [0.3, 0.4) is 0 Å². The molecule has 0 aliphatic carbocycles. The van der Waals surface area contributed by atoms with E-state index in [0.29, 0.717) is 6.04 Å². The first-order valence-electron chi connectivity index (χ1n) is 6.48. The van der Waals surface area contributed by atoms with Crippen LogP contribution in [0.15, 0.2) is 24.3 Å². The molecule has 0 aromatic heterocycles. The molecule has 0 aliphatic rings. The fraction of sp³-hybridized carbons (Fsp3) is 0.600. The number of aryl methyl sites for hydroxylation is 1. The van der Waals surface area contributed by atoms with Crippen molar-refractivity contribution in [3.05, 3.63) is 35.4 Å². The van der Waals surface area contributed by atoms with Gasteiger partial charge in [0.15, 0.2) is 0 Å². The Balaban J connectivity index is 2.64. The van der Waals surface area contributed by atoms with E-state index in [-0.39, 0.29) is 5.41 Å². The molecule has 0 spiro atoms. The average Bonchev–Trinajstić information content (AvgIpc) is 2.27. The predicted octanol–water partition coefficient (Wildman–Crippen LogP) is 4.27. The van der Waals surface area contributed by atoms with Crippen LogP contribution in [0.5, 0.6) is 0 Å². The highest BCUT2D eigenvalue weighted by Crippen LogP contribution is 2.29. The fourth-order valence-corrected chi connectivity index (χ4v) is 2.18. The van der Waals surface area contributed by atoms with Crippen LogP contribution in [0, 0.1) is 5.41 Å². The van der Waals surface area contributed by atoms with Gasteiger partial charge in [0.25, 0.3) is 0 Å². The molecular weight excluding hydrogens is 251 g/mol. The van der Waals surface area contributed by atoms with Gasteiger partial charge in [-0.05, 0) is 43.0 Å². The van der Waals surface area contributed by atoms with Crippen molar-refractivity contribution < 1.29 is 13.2 Å². The number of hydrogen-bond donors (Lipinski definition) is 1. The van der Waals surface area contributed by atoms with Gasteiger partial charge in [0.1, 0.15) is 0 Å². The summed E-state index contributed by atoms with van der Waals surface area (Å²) in [5.74, 6) is 0.